The maximum atomic E-state index is 11.9. The summed E-state index contributed by atoms with van der Waals surface area (Å²) in [4.78, 5) is 23.1. The quantitative estimate of drug-likeness (QED) is 0.200. The lowest BCUT2D eigenvalue weighted by atomic mass is 10.0. The zero-order chi connectivity index (χ0) is 20.5. The first kappa shape index (κ1) is 25.9. The van der Waals surface area contributed by atoms with Crippen LogP contribution in [0.3, 0.4) is 0 Å². The molecule has 0 saturated carbocycles. The van der Waals surface area contributed by atoms with Crippen molar-refractivity contribution in [3.05, 3.63) is 0 Å². The number of likely N-dealkylation sites (N-methyl/N-ethyl adjacent to an activating group) is 1. The number of ether oxygens (including phenoxy) is 1. The molecule has 0 radical (unpaired) electrons. The first-order chi connectivity index (χ1) is 12.8. The predicted octanol–water partition coefficient (Wildman–Crippen LogP) is 5.17. The van der Waals surface area contributed by atoms with Crippen molar-refractivity contribution in [1.82, 2.24) is 0 Å². The topological polar surface area (TPSA) is 63.6 Å². The summed E-state index contributed by atoms with van der Waals surface area (Å²) in [6, 6.07) is 0. The molecule has 0 aliphatic heterocycles. The summed E-state index contributed by atoms with van der Waals surface area (Å²) >= 11 is 0. The van der Waals surface area contributed by atoms with Crippen LogP contribution in [0.1, 0.15) is 96.8 Å². The largest absolute Gasteiger partial charge is 0.478 e. The molecule has 1 N–H and O–H groups in total. The summed E-state index contributed by atoms with van der Waals surface area (Å²) in [7, 11) is 5.66. The van der Waals surface area contributed by atoms with Gasteiger partial charge in [0.1, 0.15) is 6.54 Å². The summed E-state index contributed by atoms with van der Waals surface area (Å²) in [6.45, 7) is 2.53. The summed E-state index contributed by atoms with van der Waals surface area (Å²) in [5.74, 6) is -1.46. The maximum Gasteiger partial charge on any atom is 0.351 e. The molecule has 0 aromatic carbocycles. The van der Waals surface area contributed by atoms with Crippen molar-refractivity contribution in [2.24, 2.45) is 0 Å². The van der Waals surface area contributed by atoms with Gasteiger partial charge in [-0.1, -0.05) is 84.0 Å². The molecule has 0 bridgehead atoms. The fraction of sp³-hybridized carbons (Fsp3) is 0.909. The molecule has 0 heterocycles. The second-order valence-electron chi connectivity index (χ2n) is 8.78. The molecule has 1 unspecified atom stereocenters. The molecule has 5 nitrogen and oxygen atoms in total. The van der Waals surface area contributed by atoms with Crippen molar-refractivity contribution in [3.63, 3.8) is 0 Å². The molecule has 0 spiro atoms. The molecular formula is C22H44NO4+. The lowest BCUT2D eigenvalue weighted by Gasteiger charge is -2.27. The van der Waals surface area contributed by atoms with Gasteiger partial charge in [-0.05, 0) is 6.42 Å². The van der Waals surface area contributed by atoms with Crippen molar-refractivity contribution in [2.75, 3.05) is 27.7 Å². The van der Waals surface area contributed by atoms with Gasteiger partial charge in [0.25, 0.3) is 0 Å². The van der Waals surface area contributed by atoms with E-state index >= 15 is 0 Å². The summed E-state index contributed by atoms with van der Waals surface area (Å²) in [5.41, 5.74) is 0. The van der Waals surface area contributed by atoms with Gasteiger partial charge in [-0.3, -0.25) is 4.79 Å². The van der Waals surface area contributed by atoms with E-state index in [9.17, 15) is 14.7 Å². The highest BCUT2D eigenvalue weighted by Crippen LogP contribution is 2.13. The normalized spacial score (nSPS) is 12.7. The van der Waals surface area contributed by atoms with Gasteiger partial charge in [-0.2, -0.15) is 0 Å². The molecule has 27 heavy (non-hydrogen) atoms. The summed E-state index contributed by atoms with van der Waals surface area (Å²) in [5, 5.41) is 9.18. The molecule has 5 heteroatoms. The van der Waals surface area contributed by atoms with Gasteiger partial charge in [-0.25, -0.2) is 4.79 Å². The molecule has 0 aliphatic rings. The van der Waals surface area contributed by atoms with E-state index in [1.54, 1.807) is 0 Å². The average Bonchev–Trinajstić information content (AvgIpc) is 2.57. The molecule has 1 atom stereocenters. The predicted molar refractivity (Wildman–Crippen MR) is 111 cm³/mol. The number of nitrogens with zero attached hydrogens (tertiary/aromatic N) is 1. The van der Waals surface area contributed by atoms with Crippen LogP contribution in [0.25, 0.3) is 0 Å². The number of esters is 1. The van der Waals surface area contributed by atoms with Gasteiger partial charge in [0.2, 0.25) is 6.10 Å². The number of carboxylic acids is 1. The van der Waals surface area contributed by atoms with Crippen LogP contribution >= 0.6 is 0 Å². The summed E-state index contributed by atoms with van der Waals surface area (Å²) < 4.78 is 5.59. The highest BCUT2D eigenvalue weighted by Gasteiger charge is 2.28. The molecule has 0 rings (SSSR count). The summed E-state index contributed by atoms with van der Waals surface area (Å²) in [6.07, 6.45) is 15.6. The molecule has 0 aromatic heterocycles. The SMILES string of the molecule is CCCCCCCCCCCCCCCC(=O)OC(C[N+](C)(C)C)C(=O)O. The van der Waals surface area contributed by atoms with Gasteiger partial charge < -0.3 is 14.3 Å². The lowest BCUT2D eigenvalue weighted by molar-refractivity contribution is -0.872. The van der Waals surface area contributed by atoms with Crippen molar-refractivity contribution >= 4 is 11.9 Å². The van der Waals surface area contributed by atoms with E-state index in [2.05, 4.69) is 6.92 Å². The Kier molecular flexibility index (Phi) is 15.3. The Hall–Kier alpha value is -1.10. The number of unbranched alkanes of at least 4 members (excludes halogenated alkanes) is 12. The first-order valence-corrected chi connectivity index (χ1v) is 11.0. The second-order valence-corrected chi connectivity index (χ2v) is 8.78. The highest BCUT2D eigenvalue weighted by atomic mass is 16.6. The number of carbonyl (C=O) groups is 2. The van der Waals surface area contributed by atoms with Crippen molar-refractivity contribution in [2.45, 2.75) is 103 Å². The number of hydrogen-bond acceptors (Lipinski definition) is 3. The number of aliphatic carboxylic acids is 1. The number of hydrogen-bond donors (Lipinski definition) is 1. The Morgan fingerprint density at radius 3 is 1.56 bits per heavy atom. The van der Waals surface area contributed by atoms with Gasteiger partial charge in [-0.15, -0.1) is 0 Å². The Morgan fingerprint density at radius 1 is 0.778 bits per heavy atom. The van der Waals surface area contributed by atoms with Crippen LogP contribution in [0.5, 0.6) is 0 Å². The molecule has 0 aliphatic carbocycles. The van der Waals surface area contributed by atoms with E-state index in [-0.39, 0.29) is 12.5 Å². The maximum absolute atomic E-state index is 11.9. The van der Waals surface area contributed by atoms with E-state index in [0.29, 0.717) is 10.9 Å². The fourth-order valence-electron chi connectivity index (χ4n) is 3.17. The molecule has 0 fully saturated rings. The van der Waals surface area contributed by atoms with Crippen LogP contribution in [0.15, 0.2) is 0 Å². The van der Waals surface area contributed by atoms with E-state index in [4.69, 9.17) is 4.74 Å². The molecule has 0 aromatic rings. The lowest BCUT2D eigenvalue weighted by Crippen LogP contribution is -2.46. The Labute approximate surface area is 167 Å². The number of carboxylic acid groups (broad SMARTS) is 1. The molecule has 0 saturated heterocycles. The second kappa shape index (κ2) is 15.9. The van der Waals surface area contributed by atoms with Crippen LogP contribution < -0.4 is 0 Å². The minimum Gasteiger partial charge on any atom is -0.478 e. The van der Waals surface area contributed by atoms with E-state index < -0.39 is 12.1 Å². The number of quaternary nitrogens is 1. The van der Waals surface area contributed by atoms with Crippen LogP contribution in [-0.4, -0.2) is 55.3 Å². The first-order valence-electron chi connectivity index (χ1n) is 11.0. The minimum absolute atomic E-state index is 0.277. The van der Waals surface area contributed by atoms with E-state index in [1.165, 1.54) is 64.2 Å². The van der Waals surface area contributed by atoms with Gasteiger partial charge in [0, 0.05) is 6.42 Å². The molecule has 160 valence electrons. The molecular weight excluding hydrogens is 342 g/mol. The Balaban J connectivity index is 3.56. The highest BCUT2D eigenvalue weighted by molar-refractivity contribution is 5.78. The van der Waals surface area contributed by atoms with Gasteiger partial charge in [0.15, 0.2) is 0 Å². The monoisotopic (exact) mass is 386 g/mol. The van der Waals surface area contributed by atoms with Gasteiger partial charge >= 0.3 is 11.9 Å². The van der Waals surface area contributed by atoms with E-state index in [0.717, 1.165) is 19.3 Å². The van der Waals surface area contributed by atoms with Crippen molar-refractivity contribution in [3.8, 4) is 0 Å². The Morgan fingerprint density at radius 2 is 1.19 bits per heavy atom. The van der Waals surface area contributed by atoms with Gasteiger partial charge in [0.05, 0.1) is 21.1 Å². The molecule has 0 amide bonds. The standard InChI is InChI=1S/C22H43NO4/c1-5-6-7-8-9-10-11-12-13-14-15-16-17-18-21(24)27-20(22(25)26)19-23(2,3)4/h20H,5-19H2,1-4H3/p+1. The van der Waals surface area contributed by atoms with Crippen molar-refractivity contribution in [1.29, 1.82) is 0 Å². The van der Waals surface area contributed by atoms with Crippen LogP contribution in [0.2, 0.25) is 0 Å². The minimum atomic E-state index is -1.07. The van der Waals surface area contributed by atoms with E-state index in [1.807, 2.05) is 21.1 Å². The average molecular weight is 387 g/mol. The third-order valence-electron chi connectivity index (χ3n) is 4.75. The zero-order valence-electron chi connectivity index (χ0n) is 18.3. The third-order valence-corrected chi connectivity index (χ3v) is 4.75. The van der Waals surface area contributed by atoms with Crippen molar-refractivity contribution < 1.29 is 23.9 Å². The zero-order valence-corrected chi connectivity index (χ0v) is 18.3. The van der Waals surface area contributed by atoms with Crippen LogP contribution in [-0.2, 0) is 14.3 Å². The number of rotatable bonds is 18. The number of carbonyl (C=O) groups excluding carboxylic acids is 1. The van der Waals surface area contributed by atoms with Crippen LogP contribution in [0, 0.1) is 0 Å². The fourth-order valence-corrected chi connectivity index (χ4v) is 3.17. The van der Waals surface area contributed by atoms with Crippen LogP contribution in [0.4, 0.5) is 0 Å². The Bertz CT molecular complexity index is 390. The third kappa shape index (κ3) is 18.0. The smallest absolute Gasteiger partial charge is 0.351 e.